The Balaban J connectivity index is 1.62. The minimum atomic E-state index is -0.0682. The van der Waals surface area contributed by atoms with Crippen LogP contribution in [-0.4, -0.2) is 35.7 Å². The van der Waals surface area contributed by atoms with Gasteiger partial charge < -0.3 is 14.6 Å². The Bertz CT molecular complexity index is 890. The largest absolute Gasteiger partial charge is 0.497 e. The maximum Gasteiger partial charge on any atom is 0.226 e. The van der Waals surface area contributed by atoms with Crippen molar-refractivity contribution in [1.82, 2.24) is 10.1 Å². The predicted molar refractivity (Wildman–Crippen MR) is 115 cm³/mol. The van der Waals surface area contributed by atoms with Gasteiger partial charge in [0.15, 0.2) is 5.82 Å². The fourth-order valence-corrected chi connectivity index (χ4v) is 3.97. The molecule has 29 heavy (non-hydrogen) atoms. The van der Waals surface area contributed by atoms with Gasteiger partial charge in [-0.05, 0) is 49.4 Å². The molecule has 0 saturated heterocycles. The number of nitrogens with zero attached hydrogens (tertiary/aromatic N) is 2. The van der Waals surface area contributed by atoms with Gasteiger partial charge in [0.2, 0.25) is 5.91 Å². The van der Waals surface area contributed by atoms with Gasteiger partial charge in [-0.1, -0.05) is 23.4 Å². The number of carbonyl (C=O) groups excluding carboxylic acids is 1. The molecule has 1 N–H and O–H groups in total. The van der Waals surface area contributed by atoms with Crippen molar-refractivity contribution in [2.75, 3.05) is 19.0 Å². The number of hydrogen-bond acceptors (Lipinski definition) is 6. The molecule has 3 rings (SSSR count). The van der Waals surface area contributed by atoms with E-state index < -0.39 is 0 Å². The zero-order valence-corrected chi connectivity index (χ0v) is 17.9. The highest BCUT2D eigenvalue weighted by Crippen LogP contribution is 2.19. The number of carbonyl (C=O) groups is 1. The minimum Gasteiger partial charge on any atom is -0.497 e. The monoisotopic (exact) mass is 413 g/mol. The van der Waals surface area contributed by atoms with Crippen LogP contribution in [0.25, 0.3) is 0 Å². The highest BCUT2D eigenvalue weighted by atomic mass is 32.1. The number of anilines is 1. The number of methoxy groups -OCH3 is 1. The lowest BCUT2D eigenvalue weighted by Crippen LogP contribution is -2.36. The number of aromatic nitrogens is 1. The van der Waals surface area contributed by atoms with E-state index in [1.54, 1.807) is 31.4 Å². The number of nitrogens with one attached hydrogen (secondary N) is 1. The Morgan fingerprint density at radius 3 is 2.72 bits per heavy atom. The van der Waals surface area contributed by atoms with Gasteiger partial charge in [0.25, 0.3) is 0 Å². The summed E-state index contributed by atoms with van der Waals surface area (Å²) in [4.78, 5) is 16.1. The second-order valence-corrected chi connectivity index (χ2v) is 8.10. The zero-order chi connectivity index (χ0) is 20.6. The molecule has 2 heterocycles. The molecule has 0 spiro atoms. The number of benzene rings is 1. The predicted octanol–water partition coefficient (Wildman–Crippen LogP) is 4.52. The van der Waals surface area contributed by atoms with Crippen molar-refractivity contribution in [2.24, 2.45) is 0 Å². The van der Waals surface area contributed by atoms with Crippen molar-refractivity contribution < 1.29 is 14.1 Å². The van der Waals surface area contributed by atoms with Crippen LogP contribution in [0.4, 0.5) is 5.82 Å². The van der Waals surface area contributed by atoms with E-state index in [-0.39, 0.29) is 5.91 Å². The number of amides is 1. The Kier molecular flexibility index (Phi) is 7.43. The van der Waals surface area contributed by atoms with Crippen LogP contribution in [-0.2, 0) is 17.8 Å². The summed E-state index contributed by atoms with van der Waals surface area (Å²) in [6, 6.07) is 14.3. The first kappa shape index (κ1) is 21.1. The van der Waals surface area contributed by atoms with Gasteiger partial charge in [-0.15, -0.1) is 11.3 Å². The molecule has 0 radical (unpaired) electrons. The molecule has 0 fully saturated rings. The van der Waals surface area contributed by atoms with Crippen molar-refractivity contribution in [3.8, 4) is 5.75 Å². The van der Waals surface area contributed by atoms with Gasteiger partial charge in [0, 0.05) is 36.5 Å². The molecular formula is C22H27N3O3S. The average Bonchev–Trinajstić information content (AvgIpc) is 3.37. The second-order valence-electron chi connectivity index (χ2n) is 7.07. The van der Waals surface area contributed by atoms with E-state index in [2.05, 4.69) is 51.9 Å². The molecule has 7 heteroatoms. The molecule has 0 bridgehead atoms. The summed E-state index contributed by atoms with van der Waals surface area (Å²) < 4.78 is 10.3. The lowest BCUT2D eigenvalue weighted by Gasteiger charge is -2.29. The van der Waals surface area contributed by atoms with E-state index in [0.29, 0.717) is 30.6 Å². The van der Waals surface area contributed by atoms with Gasteiger partial charge in [-0.25, -0.2) is 0 Å². The van der Waals surface area contributed by atoms with Crippen LogP contribution in [0.15, 0.2) is 52.4 Å². The Hall–Kier alpha value is -2.64. The van der Waals surface area contributed by atoms with Crippen molar-refractivity contribution >= 4 is 23.1 Å². The zero-order valence-electron chi connectivity index (χ0n) is 17.1. The fourth-order valence-electron chi connectivity index (χ4n) is 3.15. The van der Waals surface area contributed by atoms with Crippen molar-refractivity contribution in [2.45, 2.75) is 39.3 Å². The Labute approximate surface area is 175 Å². The summed E-state index contributed by atoms with van der Waals surface area (Å²) in [5.74, 6) is 1.91. The third-order valence-electron chi connectivity index (χ3n) is 4.77. The molecule has 0 aliphatic rings. The van der Waals surface area contributed by atoms with Crippen molar-refractivity contribution in [1.29, 1.82) is 0 Å². The molecule has 2 aromatic heterocycles. The van der Waals surface area contributed by atoms with Crippen LogP contribution >= 0.6 is 11.3 Å². The quantitative estimate of drug-likeness (QED) is 0.529. The summed E-state index contributed by atoms with van der Waals surface area (Å²) in [5, 5.41) is 8.72. The van der Waals surface area contributed by atoms with Gasteiger partial charge in [-0.2, -0.15) is 0 Å². The molecule has 3 aromatic rings. The third kappa shape index (κ3) is 6.44. The first-order valence-corrected chi connectivity index (χ1v) is 10.5. The van der Waals surface area contributed by atoms with Crippen LogP contribution in [0.3, 0.4) is 0 Å². The Morgan fingerprint density at radius 1 is 1.31 bits per heavy atom. The summed E-state index contributed by atoms with van der Waals surface area (Å²) in [7, 11) is 1.67. The number of aryl methyl sites for hydroxylation is 1. The number of ether oxygens (including phenoxy) is 1. The van der Waals surface area contributed by atoms with Gasteiger partial charge >= 0.3 is 0 Å². The first-order valence-electron chi connectivity index (χ1n) is 9.66. The van der Waals surface area contributed by atoms with E-state index in [1.807, 2.05) is 12.1 Å². The standard InChI is InChI=1S/C22H27N3O3S/c1-16(13-20-5-4-12-29-20)25(15-18-6-8-19(27-3)9-7-18)11-10-22(26)23-21-14-17(2)28-24-21/h4-9,12,14,16H,10-11,13,15H2,1-3H3,(H,23,24,26). The molecular weight excluding hydrogens is 386 g/mol. The third-order valence-corrected chi connectivity index (χ3v) is 5.67. The minimum absolute atomic E-state index is 0.0682. The lowest BCUT2D eigenvalue weighted by molar-refractivity contribution is -0.116. The van der Waals surface area contributed by atoms with Crippen LogP contribution in [0.1, 0.15) is 29.5 Å². The van der Waals surface area contributed by atoms with E-state index in [0.717, 1.165) is 18.7 Å². The molecule has 1 unspecified atom stereocenters. The smallest absolute Gasteiger partial charge is 0.226 e. The molecule has 0 saturated carbocycles. The summed E-state index contributed by atoms with van der Waals surface area (Å²) in [6.07, 6.45) is 1.34. The number of thiophene rings is 1. The van der Waals surface area contributed by atoms with Crippen LogP contribution in [0.5, 0.6) is 5.75 Å². The molecule has 6 nitrogen and oxygen atoms in total. The highest BCUT2D eigenvalue weighted by Gasteiger charge is 2.17. The lowest BCUT2D eigenvalue weighted by atomic mass is 10.1. The first-order chi connectivity index (χ1) is 14.0. The molecule has 1 amide bonds. The van der Waals surface area contributed by atoms with Crippen LogP contribution < -0.4 is 10.1 Å². The summed E-state index contributed by atoms with van der Waals surface area (Å²) in [5.41, 5.74) is 1.19. The normalized spacial score (nSPS) is 12.1. The maximum absolute atomic E-state index is 12.4. The molecule has 1 atom stereocenters. The maximum atomic E-state index is 12.4. The van der Waals surface area contributed by atoms with E-state index in [9.17, 15) is 4.79 Å². The van der Waals surface area contributed by atoms with E-state index in [4.69, 9.17) is 9.26 Å². The SMILES string of the molecule is COc1ccc(CN(CCC(=O)Nc2cc(C)on2)C(C)Cc2cccs2)cc1. The van der Waals surface area contributed by atoms with E-state index in [1.165, 1.54) is 10.4 Å². The molecule has 1 aromatic carbocycles. The van der Waals surface area contributed by atoms with Crippen LogP contribution in [0.2, 0.25) is 0 Å². The summed E-state index contributed by atoms with van der Waals surface area (Å²) in [6.45, 7) is 5.43. The van der Waals surface area contributed by atoms with Crippen LogP contribution in [0, 0.1) is 6.92 Å². The van der Waals surface area contributed by atoms with Crippen molar-refractivity contribution in [3.63, 3.8) is 0 Å². The molecule has 154 valence electrons. The average molecular weight is 414 g/mol. The second kappa shape index (κ2) is 10.2. The Morgan fingerprint density at radius 2 is 2.10 bits per heavy atom. The highest BCUT2D eigenvalue weighted by molar-refractivity contribution is 7.09. The number of rotatable bonds is 10. The van der Waals surface area contributed by atoms with Gasteiger partial charge in [0.05, 0.1) is 7.11 Å². The molecule has 0 aliphatic carbocycles. The fraction of sp³-hybridized carbons (Fsp3) is 0.364. The van der Waals surface area contributed by atoms with E-state index >= 15 is 0 Å². The van der Waals surface area contributed by atoms with Crippen molar-refractivity contribution in [3.05, 3.63) is 64.0 Å². The topological polar surface area (TPSA) is 67.6 Å². The van der Waals surface area contributed by atoms with Gasteiger partial charge in [0.1, 0.15) is 11.5 Å². The number of hydrogen-bond donors (Lipinski definition) is 1. The van der Waals surface area contributed by atoms with Gasteiger partial charge in [-0.3, -0.25) is 9.69 Å². The molecule has 0 aliphatic heterocycles. The summed E-state index contributed by atoms with van der Waals surface area (Å²) >= 11 is 1.77.